The number of fused-ring (bicyclic) bond motifs is 1. The van der Waals surface area contributed by atoms with Crippen LogP contribution in [0, 0.1) is 0 Å². The first kappa shape index (κ1) is 20.5. The third kappa shape index (κ3) is 3.94. The largest absolute Gasteiger partial charge is 0.494 e. The van der Waals surface area contributed by atoms with Crippen LogP contribution in [-0.4, -0.2) is 40.9 Å². The van der Waals surface area contributed by atoms with E-state index in [1.165, 1.54) is 18.9 Å². The van der Waals surface area contributed by atoms with Gasteiger partial charge in [0.05, 0.1) is 36.3 Å². The summed E-state index contributed by atoms with van der Waals surface area (Å²) in [4.78, 5) is 31.4. The standard InChI is InChI=1S/C21H26N2O4S/c1-5-6-7-12-27-16-10-8-15(9-11-16)18-17(20(25)26-4)13(2)22-21-23(18)19(24)14(3)28-21/h8-11,14,18H,5-7,12H2,1-4H3. The van der Waals surface area contributed by atoms with Gasteiger partial charge in [-0.1, -0.05) is 43.7 Å². The van der Waals surface area contributed by atoms with Gasteiger partial charge in [-0.3, -0.25) is 9.69 Å². The molecule has 0 saturated carbocycles. The molecule has 1 aromatic rings. The molecule has 28 heavy (non-hydrogen) atoms. The maximum absolute atomic E-state index is 12.8. The number of ether oxygens (including phenoxy) is 2. The Labute approximate surface area is 170 Å². The number of amides is 1. The van der Waals surface area contributed by atoms with E-state index < -0.39 is 12.0 Å². The minimum absolute atomic E-state index is 0.0532. The van der Waals surface area contributed by atoms with Crippen LogP contribution < -0.4 is 4.74 Å². The lowest BCUT2D eigenvalue weighted by Crippen LogP contribution is -2.40. The SMILES string of the molecule is CCCCCOc1ccc(C2C(C(=O)OC)=C(C)N=C3SC(C)C(=O)N32)cc1. The minimum Gasteiger partial charge on any atom is -0.494 e. The van der Waals surface area contributed by atoms with Gasteiger partial charge in [-0.15, -0.1) is 0 Å². The number of esters is 1. The molecule has 0 aromatic heterocycles. The molecule has 150 valence electrons. The van der Waals surface area contributed by atoms with Gasteiger partial charge in [-0.2, -0.15) is 0 Å². The van der Waals surface area contributed by atoms with Crippen LogP contribution in [0.3, 0.4) is 0 Å². The van der Waals surface area contributed by atoms with E-state index in [0.29, 0.717) is 23.0 Å². The van der Waals surface area contributed by atoms with Crippen LogP contribution in [0.5, 0.6) is 5.75 Å². The second kappa shape index (κ2) is 8.82. The number of carbonyl (C=O) groups is 2. The summed E-state index contributed by atoms with van der Waals surface area (Å²) in [5, 5.41) is 0.403. The zero-order valence-electron chi connectivity index (χ0n) is 16.7. The van der Waals surface area contributed by atoms with Gasteiger partial charge in [0.25, 0.3) is 0 Å². The molecule has 6 nitrogen and oxygen atoms in total. The summed E-state index contributed by atoms with van der Waals surface area (Å²) in [6.45, 7) is 6.47. The van der Waals surface area contributed by atoms with Crippen molar-refractivity contribution in [3.8, 4) is 5.75 Å². The molecule has 0 bridgehead atoms. The van der Waals surface area contributed by atoms with Crippen molar-refractivity contribution in [1.29, 1.82) is 0 Å². The van der Waals surface area contributed by atoms with Gasteiger partial charge in [-0.25, -0.2) is 9.79 Å². The first-order chi connectivity index (χ1) is 13.5. The third-order valence-corrected chi connectivity index (χ3v) is 5.93. The molecule has 0 radical (unpaired) electrons. The van der Waals surface area contributed by atoms with Crippen molar-refractivity contribution in [2.24, 2.45) is 4.99 Å². The number of allylic oxidation sites excluding steroid dienone is 1. The number of hydrogen-bond acceptors (Lipinski definition) is 6. The number of aliphatic imine (C=N–C) groups is 1. The fourth-order valence-corrected chi connectivity index (χ4v) is 4.41. The van der Waals surface area contributed by atoms with E-state index in [1.807, 2.05) is 31.2 Å². The Morgan fingerprint density at radius 2 is 1.96 bits per heavy atom. The van der Waals surface area contributed by atoms with Crippen LogP contribution in [0.25, 0.3) is 0 Å². The summed E-state index contributed by atoms with van der Waals surface area (Å²) in [5.74, 6) is 0.255. The first-order valence-electron chi connectivity index (χ1n) is 9.58. The monoisotopic (exact) mass is 402 g/mol. The highest BCUT2D eigenvalue weighted by molar-refractivity contribution is 8.15. The van der Waals surface area contributed by atoms with Gasteiger partial charge in [0.2, 0.25) is 5.91 Å². The molecule has 3 rings (SSSR count). The highest BCUT2D eigenvalue weighted by Gasteiger charge is 2.46. The lowest BCUT2D eigenvalue weighted by atomic mass is 9.94. The highest BCUT2D eigenvalue weighted by Crippen LogP contribution is 2.43. The number of thioether (sulfide) groups is 1. The van der Waals surface area contributed by atoms with E-state index >= 15 is 0 Å². The predicted octanol–water partition coefficient (Wildman–Crippen LogP) is 4.08. The van der Waals surface area contributed by atoms with Gasteiger partial charge in [0, 0.05) is 0 Å². The van der Waals surface area contributed by atoms with Gasteiger partial charge in [0.15, 0.2) is 5.17 Å². The quantitative estimate of drug-likeness (QED) is 0.508. The zero-order chi connectivity index (χ0) is 20.3. The van der Waals surface area contributed by atoms with Crippen LogP contribution >= 0.6 is 11.8 Å². The van der Waals surface area contributed by atoms with Crippen molar-refractivity contribution < 1.29 is 19.1 Å². The van der Waals surface area contributed by atoms with Crippen LogP contribution in [0.2, 0.25) is 0 Å². The fraction of sp³-hybridized carbons (Fsp3) is 0.476. The summed E-state index contributed by atoms with van der Waals surface area (Å²) >= 11 is 1.42. The van der Waals surface area contributed by atoms with E-state index in [1.54, 1.807) is 11.8 Å². The van der Waals surface area contributed by atoms with Crippen LogP contribution in [0.4, 0.5) is 0 Å². The summed E-state index contributed by atoms with van der Waals surface area (Å²) in [6.07, 6.45) is 3.31. The molecule has 1 aromatic carbocycles. The van der Waals surface area contributed by atoms with Crippen LogP contribution in [-0.2, 0) is 14.3 Å². The smallest absolute Gasteiger partial charge is 0.338 e. The normalized spacial score (nSPS) is 21.5. The Balaban J connectivity index is 1.91. The van der Waals surface area contributed by atoms with Gasteiger partial charge < -0.3 is 9.47 Å². The van der Waals surface area contributed by atoms with Gasteiger partial charge in [0.1, 0.15) is 5.75 Å². The molecule has 0 aliphatic carbocycles. The molecule has 0 spiro atoms. The first-order valence-corrected chi connectivity index (χ1v) is 10.5. The molecular weight excluding hydrogens is 376 g/mol. The van der Waals surface area contributed by atoms with E-state index in [-0.39, 0.29) is 11.2 Å². The average molecular weight is 403 g/mol. The lowest BCUT2D eigenvalue weighted by Gasteiger charge is -2.32. The van der Waals surface area contributed by atoms with Crippen molar-refractivity contribution in [2.45, 2.75) is 51.3 Å². The summed E-state index contributed by atoms with van der Waals surface area (Å²) < 4.78 is 10.8. The second-order valence-corrected chi connectivity index (χ2v) is 8.19. The van der Waals surface area contributed by atoms with Gasteiger partial charge in [-0.05, 0) is 38.0 Å². The van der Waals surface area contributed by atoms with Crippen molar-refractivity contribution in [3.05, 3.63) is 41.1 Å². The maximum Gasteiger partial charge on any atom is 0.338 e. The van der Waals surface area contributed by atoms with Crippen LogP contribution in [0.1, 0.15) is 51.6 Å². The molecular formula is C21H26N2O4S. The Morgan fingerprint density at radius 1 is 1.25 bits per heavy atom. The molecule has 7 heteroatoms. The Hall–Kier alpha value is -2.28. The number of nitrogens with zero attached hydrogens (tertiary/aromatic N) is 2. The molecule has 2 unspecified atom stereocenters. The number of benzene rings is 1. The molecule has 0 N–H and O–H groups in total. The van der Waals surface area contributed by atoms with E-state index in [0.717, 1.165) is 30.6 Å². The zero-order valence-corrected chi connectivity index (χ0v) is 17.5. The number of methoxy groups -OCH3 is 1. The molecule has 2 aliphatic heterocycles. The number of hydrogen-bond donors (Lipinski definition) is 0. The Morgan fingerprint density at radius 3 is 2.61 bits per heavy atom. The van der Waals surface area contributed by atoms with Crippen molar-refractivity contribution in [2.75, 3.05) is 13.7 Å². The molecule has 2 atom stereocenters. The summed E-state index contributed by atoms with van der Waals surface area (Å²) in [5.41, 5.74) is 1.81. The highest BCUT2D eigenvalue weighted by atomic mass is 32.2. The van der Waals surface area contributed by atoms with Crippen molar-refractivity contribution >= 4 is 28.8 Å². The average Bonchev–Trinajstić information content (AvgIpc) is 2.97. The number of carbonyl (C=O) groups excluding carboxylic acids is 2. The van der Waals surface area contributed by atoms with E-state index in [9.17, 15) is 9.59 Å². The van der Waals surface area contributed by atoms with E-state index in [4.69, 9.17) is 9.47 Å². The Kier molecular flexibility index (Phi) is 6.44. The topological polar surface area (TPSA) is 68.2 Å². The predicted molar refractivity (Wildman–Crippen MR) is 110 cm³/mol. The maximum atomic E-state index is 12.8. The number of unbranched alkanes of at least 4 members (excludes halogenated alkanes) is 2. The van der Waals surface area contributed by atoms with Gasteiger partial charge >= 0.3 is 5.97 Å². The lowest BCUT2D eigenvalue weighted by molar-refractivity contribution is -0.137. The second-order valence-electron chi connectivity index (χ2n) is 6.88. The number of rotatable bonds is 7. The summed E-state index contributed by atoms with van der Waals surface area (Å²) in [6, 6.07) is 7.03. The van der Waals surface area contributed by atoms with Crippen LogP contribution in [0.15, 0.2) is 40.5 Å². The summed E-state index contributed by atoms with van der Waals surface area (Å²) in [7, 11) is 1.34. The Bertz CT molecular complexity index is 816. The number of amidine groups is 1. The van der Waals surface area contributed by atoms with Crippen molar-refractivity contribution in [1.82, 2.24) is 4.90 Å². The fourth-order valence-electron chi connectivity index (χ4n) is 3.38. The molecule has 2 aliphatic rings. The molecule has 1 fully saturated rings. The minimum atomic E-state index is -0.543. The molecule has 2 heterocycles. The third-order valence-electron chi connectivity index (χ3n) is 4.88. The van der Waals surface area contributed by atoms with Crippen molar-refractivity contribution in [3.63, 3.8) is 0 Å². The molecule has 1 amide bonds. The molecule has 1 saturated heterocycles. The van der Waals surface area contributed by atoms with E-state index in [2.05, 4.69) is 11.9 Å².